The summed E-state index contributed by atoms with van der Waals surface area (Å²) in [5.41, 5.74) is 8.10. The third kappa shape index (κ3) is 3.60. The zero-order valence-corrected chi connectivity index (χ0v) is 14.7. The summed E-state index contributed by atoms with van der Waals surface area (Å²) in [6.07, 6.45) is 2.04. The Morgan fingerprint density at radius 1 is 1.19 bits per heavy atom. The number of aliphatic hydroxyl groups is 1. The maximum Gasteiger partial charge on any atom is 0.226 e. The van der Waals surface area contributed by atoms with Crippen molar-refractivity contribution in [3.05, 3.63) is 65.5 Å². The van der Waals surface area contributed by atoms with E-state index in [-0.39, 0.29) is 11.1 Å². The molecule has 3 N–H and O–H groups in total. The number of nitrogens with two attached hydrogens (primary N) is 1. The molecule has 134 valence electrons. The Labute approximate surface area is 159 Å². The molecular weight excluding hydrogens is 366 g/mol. The molecule has 0 fully saturated rings. The predicted molar refractivity (Wildman–Crippen MR) is 101 cm³/mol. The van der Waals surface area contributed by atoms with Crippen LogP contribution in [-0.4, -0.2) is 34.4 Å². The van der Waals surface area contributed by atoms with Gasteiger partial charge in [0, 0.05) is 6.20 Å². The predicted octanol–water partition coefficient (Wildman–Crippen LogP) is 1.85. The first-order valence-electron chi connectivity index (χ1n) is 8.03. The quantitative estimate of drug-likeness (QED) is 0.415. The van der Waals surface area contributed by atoms with Crippen LogP contribution in [0.5, 0.6) is 0 Å². The van der Waals surface area contributed by atoms with Crippen molar-refractivity contribution in [1.82, 2.24) is 29.3 Å². The van der Waals surface area contributed by atoms with E-state index in [9.17, 15) is 5.11 Å². The maximum atomic E-state index is 10.4. The van der Waals surface area contributed by atoms with E-state index in [0.717, 1.165) is 5.56 Å². The molecule has 8 nitrogen and oxygen atoms in total. The number of fused-ring (bicyclic) bond motifs is 1. The number of rotatable bonds is 3. The van der Waals surface area contributed by atoms with Gasteiger partial charge in [-0.15, -0.1) is 0 Å². The average Bonchev–Trinajstić information content (AvgIpc) is 3.27. The summed E-state index contributed by atoms with van der Waals surface area (Å²) in [6, 6.07) is 11.8. The molecule has 0 amide bonds. The van der Waals surface area contributed by atoms with Crippen LogP contribution in [0.4, 0.5) is 5.82 Å². The van der Waals surface area contributed by atoms with Crippen LogP contribution < -0.4 is 5.73 Å². The van der Waals surface area contributed by atoms with Gasteiger partial charge in [0.05, 0.1) is 6.54 Å². The molecule has 0 aliphatic heterocycles. The number of benzene rings is 1. The number of hydrogen-bond acceptors (Lipinski definition) is 6. The Balaban J connectivity index is 1.55. The van der Waals surface area contributed by atoms with Gasteiger partial charge in [-0.2, -0.15) is 15.1 Å². The minimum atomic E-state index is -1.18. The van der Waals surface area contributed by atoms with E-state index in [1.165, 1.54) is 10.9 Å². The Kier molecular flexibility index (Phi) is 4.46. The molecule has 0 unspecified atom stereocenters. The van der Waals surface area contributed by atoms with Crippen LogP contribution in [0.25, 0.3) is 11.2 Å². The van der Waals surface area contributed by atoms with Crippen molar-refractivity contribution in [2.45, 2.75) is 12.8 Å². The minimum Gasteiger partial charge on any atom is -0.382 e. The number of aliphatic hydroxyl groups excluding tert-OH is 1. The summed E-state index contributed by atoms with van der Waals surface area (Å²) in [6.45, 7) is 0.645. The van der Waals surface area contributed by atoms with Crippen molar-refractivity contribution in [1.29, 1.82) is 0 Å². The van der Waals surface area contributed by atoms with Gasteiger partial charge in [0.15, 0.2) is 17.7 Å². The molecule has 0 aliphatic carbocycles. The lowest BCUT2D eigenvalue weighted by atomic mass is 10.2. The Bertz CT molecular complexity index is 1160. The Morgan fingerprint density at radius 2 is 2.00 bits per heavy atom. The van der Waals surface area contributed by atoms with Crippen molar-refractivity contribution in [3.63, 3.8) is 0 Å². The lowest BCUT2D eigenvalue weighted by Crippen LogP contribution is -2.06. The van der Waals surface area contributed by atoms with Crippen LogP contribution in [0.15, 0.2) is 48.9 Å². The van der Waals surface area contributed by atoms with Crippen LogP contribution in [0.2, 0.25) is 5.28 Å². The van der Waals surface area contributed by atoms with Crippen LogP contribution >= 0.6 is 11.6 Å². The van der Waals surface area contributed by atoms with Gasteiger partial charge in [0.25, 0.3) is 0 Å². The van der Waals surface area contributed by atoms with E-state index in [1.54, 1.807) is 10.7 Å². The number of nitrogens with zero attached hydrogens (tertiary/aromatic N) is 6. The minimum absolute atomic E-state index is 0.0263. The van der Waals surface area contributed by atoms with E-state index in [1.807, 2.05) is 36.5 Å². The summed E-state index contributed by atoms with van der Waals surface area (Å²) in [5, 5.41) is 14.7. The Hall–Kier alpha value is -3.41. The lowest BCUT2D eigenvalue weighted by Gasteiger charge is -2.05. The molecule has 0 spiro atoms. The van der Waals surface area contributed by atoms with Crippen LogP contribution in [-0.2, 0) is 6.54 Å². The molecular formula is C18H14ClN7O. The number of anilines is 1. The first-order chi connectivity index (χ1) is 13.1. The highest BCUT2D eigenvalue weighted by atomic mass is 35.5. The van der Waals surface area contributed by atoms with E-state index in [4.69, 9.17) is 17.3 Å². The fraction of sp³-hybridized carbons (Fsp3) is 0.111. The average molecular weight is 380 g/mol. The maximum absolute atomic E-state index is 10.4. The van der Waals surface area contributed by atoms with Crippen molar-refractivity contribution in [3.8, 4) is 11.8 Å². The number of halogens is 1. The van der Waals surface area contributed by atoms with Crippen LogP contribution in [0, 0.1) is 11.8 Å². The summed E-state index contributed by atoms with van der Waals surface area (Å²) < 4.78 is 3.15. The van der Waals surface area contributed by atoms with Gasteiger partial charge in [0.1, 0.15) is 17.5 Å². The van der Waals surface area contributed by atoms with Crippen molar-refractivity contribution >= 4 is 28.6 Å². The van der Waals surface area contributed by atoms with E-state index >= 15 is 0 Å². The molecule has 0 saturated heterocycles. The number of imidazole rings is 1. The van der Waals surface area contributed by atoms with Gasteiger partial charge in [-0.25, -0.2) is 4.98 Å². The standard InChI is InChI=1S/C18H14ClN7O/c19-18-22-16(20)15-17(23-18)26(11-21-15)14(27)7-6-13-8-9-25(24-13)10-12-4-2-1-3-5-12/h1-5,8-9,11,14,27H,10H2,(H2,20,22,23)/t14-/m1/s1. The number of hydrogen-bond donors (Lipinski definition) is 2. The van der Waals surface area contributed by atoms with Crippen LogP contribution in [0.3, 0.4) is 0 Å². The zero-order chi connectivity index (χ0) is 18.8. The second kappa shape index (κ2) is 7.07. The van der Waals surface area contributed by atoms with E-state index in [0.29, 0.717) is 23.4 Å². The molecule has 4 rings (SSSR count). The second-order valence-corrected chi connectivity index (χ2v) is 6.07. The third-order valence-corrected chi connectivity index (χ3v) is 4.01. The van der Waals surface area contributed by atoms with Gasteiger partial charge in [-0.3, -0.25) is 9.25 Å². The second-order valence-electron chi connectivity index (χ2n) is 5.73. The molecule has 0 aliphatic rings. The first-order valence-corrected chi connectivity index (χ1v) is 8.40. The van der Waals surface area contributed by atoms with E-state index in [2.05, 4.69) is 31.9 Å². The normalized spacial score (nSPS) is 11.9. The molecule has 1 aromatic carbocycles. The van der Waals surface area contributed by atoms with E-state index < -0.39 is 6.23 Å². The topological polar surface area (TPSA) is 108 Å². The first kappa shape index (κ1) is 17.0. The highest BCUT2D eigenvalue weighted by Crippen LogP contribution is 2.20. The smallest absolute Gasteiger partial charge is 0.226 e. The summed E-state index contributed by atoms with van der Waals surface area (Å²) in [7, 11) is 0. The zero-order valence-electron chi connectivity index (χ0n) is 14.0. The van der Waals surface area contributed by atoms with Crippen molar-refractivity contribution in [2.75, 3.05) is 5.73 Å². The van der Waals surface area contributed by atoms with Gasteiger partial charge < -0.3 is 10.8 Å². The molecule has 1 atom stereocenters. The molecule has 3 aromatic heterocycles. The lowest BCUT2D eigenvalue weighted by molar-refractivity contribution is 0.168. The molecule has 0 saturated carbocycles. The molecule has 0 radical (unpaired) electrons. The van der Waals surface area contributed by atoms with Crippen molar-refractivity contribution in [2.24, 2.45) is 0 Å². The molecule has 27 heavy (non-hydrogen) atoms. The SMILES string of the molecule is Nc1nc(Cl)nc2c1ncn2[C@H](O)C#Cc1ccn(Cc2ccccc2)n1. The molecule has 4 aromatic rings. The van der Waals surface area contributed by atoms with Crippen LogP contribution in [0.1, 0.15) is 17.5 Å². The largest absolute Gasteiger partial charge is 0.382 e. The van der Waals surface area contributed by atoms with Gasteiger partial charge in [-0.1, -0.05) is 30.3 Å². The van der Waals surface area contributed by atoms with Gasteiger partial charge in [-0.05, 0) is 35.1 Å². The fourth-order valence-electron chi connectivity index (χ4n) is 2.58. The third-order valence-electron chi connectivity index (χ3n) is 3.84. The summed E-state index contributed by atoms with van der Waals surface area (Å²) >= 11 is 5.83. The number of nitrogen functional groups attached to an aromatic ring is 1. The molecule has 0 bridgehead atoms. The van der Waals surface area contributed by atoms with Crippen molar-refractivity contribution < 1.29 is 5.11 Å². The monoisotopic (exact) mass is 379 g/mol. The number of aromatic nitrogens is 6. The Morgan fingerprint density at radius 3 is 2.81 bits per heavy atom. The summed E-state index contributed by atoms with van der Waals surface area (Å²) in [4.78, 5) is 12.0. The van der Waals surface area contributed by atoms with Gasteiger partial charge >= 0.3 is 0 Å². The molecule has 9 heteroatoms. The highest BCUT2D eigenvalue weighted by molar-refractivity contribution is 6.28. The fourth-order valence-corrected chi connectivity index (χ4v) is 2.76. The highest BCUT2D eigenvalue weighted by Gasteiger charge is 2.14. The molecule has 3 heterocycles. The summed E-state index contributed by atoms with van der Waals surface area (Å²) in [5.74, 6) is 5.70. The van der Waals surface area contributed by atoms with Gasteiger partial charge in [0.2, 0.25) is 5.28 Å².